The number of nitrogens with zero attached hydrogens (tertiary/aromatic N) is 2. The molecule has 5 rings (SSSR count). The molecule has 0 bridgehead atoms. The molecule has 2 fully saturated rings. The Labute approximate surface area is 213 Å². The number of benzene rings is 2. The first-order valence-electron chi connectivity index (χ1n) is 11.6. The number of nitrogens with one attached hydrogen (secondary N) is 1. The van der Waals surface area contributed by atoms with Gasteiger partial charge in [0.1, 0.15) is 5.69 Å². The topological polar surface area (TPSA) is 62.3 Å². The molecule has 176 valence electrons. The first kappa shape index (κ1) is 23.3. The quantitative estimate of drug-likeness (QED) is 0.413. The van der Waals surface area contributed by atoms with E-state index in [0.29, 0.717) is 40.3 Å². The number of carbonyl (C=O) groups excluding carboxylic acids is 2. The summed E-state index contributed by atoms with van der Waals surface area (Å²) in [6.45, 7) is 1.04. The van der Waals surface area contributed by atoms with Crippen LogP contribution in [0.1, 0.15) is 63.9 Å². The molecule has 1 unspecified atom stereocenters. The van der Waals surface area contributed by atoms with Gasteiger partial charge in [-0.05, 0) is 55.9 Å². The zero-order chi connectivity index (χ0) is 23.7. The molecule has 34 heavy (non-hydrogen) atoms. The lowest BCUT2D eigenvalue weighted by atomic mass is 10.0. The van der Waals surface area contributed by atoms with Gasteiger partial charge in [-0.15, -0.1) is 11.3 Å². The summed E-state index contributed by atoms with van der Waals surface area (Å²) in [6.07, 6.45) is 5.09. The molecule has 1 aromatic heterocycles. The number of rotatable bonds is 6. The van der Waals surface area contributed by atoms with Gasteiger partial charge in [-0.1, -0.05) is 53.5 Å². The Bertz CT molecular complexity index is 1210. The largest absolute Gasteiger partial charge is 0.350 e. The van der Waals surface area contributed by atoms with Crippen LogP contribution in [0.15, 0.2) is 48.5 Å². The van der Waals surface area contributed by atoms with Gasteiger partial charge in [0.05, 0.1) is 19.9 Å². The van der Waals surface area contributed by atoms with E-state index in [0.717, 1.165) is 47.6 Å². The van der Waals surface area contributed by atoms with Crippen molar-refractivity contribution in [1.82, 2.24) is 15.2 Å². The van der Waals surface area contributed by atoms with Gasteiger partial charge < -0.3 is 10.2 Å². The van der Waals surface area contributed by atoms with Crippen molar-refractivity contribution in [3.63, 3.8) is 0 Å². The highest BCUT2D eigenvalue weighted by atomic mass is 35.5. The van der Waals surface area contributed by atoms with Crippen LogP contribution in [0.3, 0.4) is 0 Å². The Hall–Kier alpha value is -2.41. The number of aromatic nitrogens is 1. The number of hydrogen-bond donors (Lipinski definition) is 1. The monoisotopic (exact) mass is 513 g/mol. The predicted octanol–water partition coefficient (Wildman–Crippen LogP) is 6.42. The average molecular weight is 514 g/mol. The Balaban J connectivity index is 1.35. The summed E-state index contributed by atoms with van der Waals surface area (Å²) in [4.78, 5) is 34.2. The fraction of sp³-hybridized carbons (Fsp3) is 0.346. The van der Waals surface area contributed by atoms with E-state index in [4.69, 9.17) is 28.2 Å². The maximum absolute atomic E-state index is 13.8. The van der Waals surface area contributed by atoms with Crippen molar-refractivity contribution in [2.45, 2.75) is 44.1 Å². The minimum atomic E-state index is -0.230. The van der Waals surface area contributed by atoms with Gasteiger partial charge >= 0.3 is 0 Å². The Morgan fingerprint density at radius 1 is 1.03 bits per heavy atom. The second-order valence-corrected chi connectivity index (χ2v) is 10.7. The van der Waals surface area contributed by atoms with Crippen LogP contribution in [0.25, 0.3) is 10.4 Å². The summed E-state index contributed by atoms with van der Waals surface area (Å²) < 4.78 is 0. The summed E-state index contributed by atoms with van der Waals surface area (Å²) in [7, 11) is 0. The first-order chi connectivity index (χ1) is 16.5. The number of likely N-dealkylation sites (tertiary alicyclic amines) is 1. The molecule has 8 heteroatoms. The molecule has 1 N–H and O–H groups in total. The summed E-state index contributed by atoms with van der Waals surface area (Å²) in [5.74, 6) is 0.207. The van der Waals surface area contributed by atoms with E-state index in [1.165, 1.54) is 0 Å². The highest BCUT2D eigenvalue weighted by molar-refractivity contribution is 7.15. The van der Waals surface area contributed by atoms with Gasteiger partial charge in [0.2, 0.25) is 0 Å². The van der Waals surface area contributed by atoms with Crippen LogP contribution in [-0.2, 0) is 0 Å². The van der Waals surface area contributed by atoms with E-state index in [1.807, 2.05) is 35.2 Å². The molecule has 2 amide bonds. The average Bonchev–Trinajstić information content (AvgIpc) is 3.62. The third-order valence-electron chi connectivity index (χ3n) is 6.38. The van der Waals surface area contributed by atoms with Crippen molar-refractivity contribution < 1.29 is 9.59 Å². The van der Waals surface area contributed by atoms with Gasteiger partial charge in [-0.25, -0.2) is 4.98 Å². The van der Waals surface area contributed by atoms with E-state index in [1.54, 1.807) is 29.5 Å². The van der Waals surface area contributed by atoms with Crippen molar-refractivity contribution >= 4 is 46.4 Å². The van der Waals surface area contributed by atoms with E-state index < -0.39 is 0 Å². The second-order valence-electron chi connectivity index (χ2n) is 8.86. The molecule has 2 aromatic carbocycles. The van der Waals surface area contributed by atoms with Crippen LogP contribution in [0.5, 0.6) is 0 Å². The Morgan fingerprint density at radius 2 is 1.82 bits per heavy atom. The number of amides is 2. The molecule has 2 heterocycles. The van der Waals surface area contributed by atoms with Crippen LogP contribution in [0, 0.1) is 0 Å². The number of carbonyl (C=O) groups is 2. The van der Waals surface area contributed by atoms with Gasteiger partial charge in [-0.3, -0.25) is 9.59 Å². The lowest BCUT2D eigenvalue weighted by Gasteiger charge is -2.35. The highest BCUT2D eigenvalue weighted by Crippen LogP contribution is 2.45. The van der Waals surface area contributed by atoms with Gasteiger partial charge in [0.25, 0.3) is 11.8 Å². The minimum absolute atomic E-state index is 0.0458. The second kappa shape index (κ2) is 10.1. The van der Waals surface area contributed by atoms with E-state index in [2.05, 4.69) is 5.32 Å². The Morgan fingerprint density at radius 3 is 2.56 bits per heavy atom. The molecule has 1 atom stereocenters. The number of hydrogen-bond acceptors (Lipinski definition) is 4. The zero-order valence-electron chi connectivity index (χ0n) is 18.6. The molecule has 0 spiro atoms. The molecule has 1 saturated carbocycles. The van der Waals surface area contributed by atoms with Crippen molar-refractivity contribution in [3.8, 4) is 10.4 Å². The number of thiazole rings is 1. The van der Waals surface area contributed by atoms with Crippen LogP contribution >= 0.6 is 34.5 Å². The summed E-state index contributed by atoms with van der Waals surface area (Å²) >= 11 is 13.7. The normalized spacial score (nSPS) is 18.1. The fourth-order valence-electron chi connectivity index (χ4n) is 4.34. The number of halogens is 2. The van der Waals surface area contributed by atoms with Crippen LogP contribution in [0.4, 0.5) is 0 Å². The zero-order valence-corrected chi connectivity index (χ0v) is 20.9. The molecular weight excluding hydrogens is 489 g/mol. The minimum Gasteiger partial charge on any atom is -0.350 e. The SMILES string of the molecule is O=C(NCC1CCCCN1C(=O)c1nc(C2CC2)sc1-c1ccccc1)c1ccc(Cl)c(Cl)c1. The molecule has 1 aliphatic heterocycles. The van der Waals surface area contributed by atoms with Crippen LogP contribution in [0.2, 0.25) is 10.0 Å². The summed E-state index contributed by atoms with van der Waals surface area (Å²) in [5.41, 5.74) is 2.01. The summed E-state index contributed by atoms with van der Waals surface area (Å²) in [6, 6.07) is 14.8. The fourth-order valence-corrected chi connectivity index (χ4v) is 5.87. The highest BCUT2D eigenvalue weighted by Gasteiger charge is 2.34. The molecule has 2 aliphatic rings. The first-order valence-corrected chi connectivity index (χ1v) is 13.2. The van der Waals surface area contributed by atoms with Crippen LogP contribution in [-0.4, -0.2) is 40.8 Å². The lowest BCUT2D eigenvalue weighted by Crippen LogP contribution is -2.49. The van der Waals surface area contributed by atoms with E-state index in [9.17, 15) is 9.59 Å². The Kier molecular flexibility index (Phi) is 6.91. The third-order valence-corrected chi connectivity index (χ3v) is 8.38. The summed E-state index contributed by atoms with van der Waals surface area (Å²) in [5, 5.41) is 4.79. The van der Waals surface area contributed by atoms with Crippen molar-refractivity contribution in [3.05, 3.63) is 74.8 Å². The number of piperidine rings is 1. The van der Waals surface area contributed by atoms with E-state index >= 15 is 0 Å². The predicted molar refractivity (Wildman–Crippen MR) is 137 cm³/mol. The molecule has 5 nitrogen and oxygen atoms in total. The molecule has 0 radical (unpaired) electrons. The lowest BCUT2D eigenvalue weighted by molar-refractivity contribution is 0.0598. The van der Waals surface area contributed by atoms with Crippen molar-refractivity contribution in [2.24, 2.45) is 0 Å². The van der Waals surface area contributed by atoms with Crippen LogP contribution < -0.4 is 5.32 Å². The van der Waals surface area contributed by atoms with E-state index in [-0.39, 0.29) is 17.9 Å². The van der Waals surface area contributed by atoms with Gasteiger partial charge in [-0.2, -0.15) is 0 Å². The molecule has 1 saturated heterocycles. The standard InChI is InChI=1S/C26H25Cl2N3O2S/c27-20-12-11-18(14-21(20)28)24(32)29-15-19-8-4-5-13-31(19)26(33)22-23(16-6-2-1-3-7-16)34-25(30-22)17-9-10-17/h1-3,6-7,11-12,14,17,19H,4-5,8-10,13,15H2,(H,29,32). The molecular formula is C26H25Cl2N3O2S. The third kappa shape index (κ3) is 4.99. The van der Waals surface area contributed by atoms with Crippen molar-refractivity contribution in [1.29, 1.82) is 0 Å². The van der Waals surface area contributed by atoms with Crippen molar-refractivity contribution in [2.75, 3.05) is 13.1 Å². The maximum Gasteiger partial charge on any atom is 0.274 e. The van der Waals surface area contributed by atoms with Gasteiger partial charge in [0.15, 0.2) is 0 Å². The molecule has 3 aromatic rings. The maximum atomic E-state index is 13.8. The van der Waals surface area contributed by atoms with Gasteiger partial charge in [0, 0.05) is 30.6 Å². The molecule has 1 aliphatic carbocycles. The smallest absolute Gasteiger partial charge is 0.274 e.